The van der Waals surface area contributed by atoms with Gasteiger partial charge < -0.3 is 5.11 Å². The van der Waals surface area contributed by atoms with Gasteiger partial charge in [0, 0.05) is 10.6 Å². The SMILES string of the molecule is C/C=C(\O)c1cc(F)cc(Cl)c1. The van der Waals surface area contributed by atoms with Gasteiger partial charge in [0.2, 0.25) is 0 Å². The minimum absolute atomic E-state index is 0.0244. The molecule has 12 heavy (non-hydrogen) atoms. The first-order valence-electron chi connectivity index (χ1n) is 3.45. The van der Waals surface area contributed by atoms with Crippen LogP contribution in [0.1, 0.15) is 12.5 Å². The summed E-state index contributed by atoms with van der Waals surface area (Å²) in [6.45, 7) is 1.66. The molecule has 1 N–H and O–H groups in total. The zero-order valence-electron chi connectivity index (χ0n) is 6.51. The minimum Gasteiger partial charge on any atom is -0.508 e. The van der Waals surface area contributed by atoms with Gasteiger partial charge in [-0.2, -0.15) is 0 Å². The fourth-order valence-electron chi connectivity index (χ4n) is 0.868. The van der Waals surface area contributed by atoms with Crippen molar-refractivity contribution in [3.8, 4) is 0 Å². The number of rotatable bonds is 1. The van der Waals surface area contributed by atoms with E-state index in [1.54, 1.807) is 6.92 Å². The molecule has 0 heterocycles. The molecule has 0 saturated heterocycles. The molecule has 0 fully saturated rings. The highest BCUT2D eigenvalue weighted by Gasteiger charge is 2.01. The van der Waals surface area contributed by atoms with Crippen molar-refractivity contribution in [3.05, 3.63) is 40.7 Å². The van der Waals surface area contributed by atoms with Crippen LogP contribution in [-0.2, 0) is 0 Å². The summed E-state index contributed by atoms with van der Waals surface area (Å²) in [7, 11) is 0. The van der Waals surface area contributed by atoms with Gasteiger partial charge in [-0.3, -0.25) is 0 Å². The van der Waals surface area contributed by atoms with Crippen molar-refractivity contribution in [3.63, 3.8) is 0 Å². The maximum absolute atomic E-state index is 12.7. The lowest BCUT2D eigenvalue weighted by atomic mass is 10.2. The molecular weight excluding hydrogens is 179 g/mol. The first kappa shape index (κ1) is 9.07. The summed E-state index contributed by atoms with van der Waals surface area (Å²) >= 11 is 5.57. The third kappa shape index (κ3) is 1.98. The van der Waals surface area contributed by atoms with Crippen LogP contribution in [0.25, 0.3) is 5.76 Å². The molecule has 0 atom stereocenters. The van der Waals surface area contributed by atoms with E-state index < -0.39 is 5.82 Å². The monoisotopic (exact) mass is 186 g/mol. The Morgan fingerprint density at radius 3 is 2.67 bits per heavy atom. The maximum Gasteiger partial charge on any atom is 0.125 e. The first-order chi connectivity index (χ1) is 5.63. The van der Waals surface area contributed by atoms with Gasteiger partial charge in [-0.25, -0.2) is 4.39 Å². The van der Waals surface area contributed by atoms with E-state index in [1.807, 2.05) is 0 Å². The number of allylic oxidation sites excluding steroid dienone is 1. The molecule has 0 aromatic heterocycles. The van der Waals surface area contributed by atoms with E-state index in [2.05, 4.69) is 0 Å². The van der Waals surface area contributed by atoms with Crippen LogP contribution < -0.4 is 0 Å². The van der Waals surface area contributed by atoms with E-state index in [1.165, 1.54) is 24.3 Å². The van der Waals surface area contributed by atoms with E-state index in [0.717, 1.165) is 0 Å². The summed E-state index contributed by atoms with van der Waals surface area (Å²) in [5.41, 5.74) is 0.391. The third-order valence-corrected chi connectivity index (χ3v) is 1.65. The van der Waals surface area contributed by atoms with Crippen molar-refractivity contribution in [2.75, 3.05) is 0 Å². The molecule has 1 aromatic carbocycles. The van der Waals surface area contributed by atoms with Gasteiger partial charge in [-0.1, -0.05) is 11.6 Å². The van der Waals surface area contributed by atoms with Crippen molar-refractivity contribution in [1.29, 1.82) is 0 Å². The minimum atomic E-state index is -0.453. The van der Waals surface area contributed by atoms with Crippen LogP contribution in [0.4, 0.5) is 4.39 Å². The molecule has 1 rings (SSSR count). The highest BCUT2D eigenvalue weighted by Crippen LogP contribution is 2.18. The molecule has 0 radical (unpaired) electrons. The van der Waals surface area contributed by atoms with Gasteiger partial charge in [0.05, 0.1) is 0 Å². The Morgan fingerprint density at radius 2 is 2.17 bits per heavy atom. The molecule has 64 valence electrons. The Kier molecular flexibility index (Phi) is 2.71. The third-order valence-electron chi connectivity index (χ3n) is 1.43. The van der Waals surface area contributed by atoms with Crippen LogP contribution in [0.3, 0.4) is 0 Å². The van der Waals surface area contributed by atoms with Crippen LogP contribution in [0, 0.1) is 5.82 Å². The van der Waals surface area contributed by atoms with Crippen LogP contribution in [0.15, 0.2) is 24.3 Å². The topological polar surface area (TPSA) is 20.2 Å². The van der Waals surface area contributed by atoms with E-state index in [9.17, 15) is 9.50 Å². The second-order valence-electron chi connectivity index (χ2n) is 2.33. The summed E-state index contributed by atoms with van der Waals surface area (Å²) < 4.78 is 12.7. The largest absolute Gasteiger partial charge is 0.508 e. The highest BCUT2D eigenvalue weighted by atomic mass is 35.5. The summed E-state index contributed by atoms with van der Waals surface area (Å²) in [6.07, 6.45) is 1.48. The van der Waals surface area contributed by atoms with Crippen molar-refractivity contribution in [2.45, 2.75) is 6.92 Å². The van der Waals surface area contributed by atoms with Crippen LogP contribution >= 0.6 is 11.6 Å². The van der Waals surface area contributed by atoms with Crippen molar-refractivity contribution in [1.82, 2.24) is 0 Å². The summed E-state index contributed by atoms with van der Waals surface area (Å²) in [5.74, 6) is -0.428. The Morgan fingerprint density at radius 1 is 1.50 bits per heavy atom. The molecule has 1 nitrogen and oxygen atoms in total. The fraction of sp³-hybridized carbons (Fsp3) is 0.111. The smallest absolute Gasteiger partial charge is 0.125 e. The molecule has 0 amide bonds. The molecule has 0 saturated carbocycles. The van der Waals surface area contributed by atoms with Crippen LogP contribution in [0.2, 0.25) is 5.02 Å². The van der Waals surface area contributed by atoms with Gasteiger partial charge in [0.1, 0.15) is 11.6 Å². The number of aliphatic hydroxyl groups is 1. The summed E-state index contributed by atoms with van der Waals surface area (Å²) in [6, 6.07) is 3.91. The quantitative estimate of drug-likeness (QED) is 0.667. The van der Waals surface area contributed by atoms with Crippen molar-refractivity contribution >= 4 is 17.4 Å². The predicted octanol–water partition coefficient (Wildman–Crippen LogP) is 3.40. The van der Waals surface area contributed by atoms with Gasteiger partial charge in [0.15, 0.2) is 0 Å². The Labute approximate surface area is 75.1 Å². The zero-order valence-corrected chi connectivity index (χ0v) is 7.27. The number of hydrogen-bond donors (Lipinski definition) is 1. The molecule has 0 bridgehead atoms. The second-order valence-corrected chi connectivity index (χ2v) is 2.77. The normalized spacial score (nSPS) is 11.8. The van der Waals surface area contributed by atoms with Gasteiger partial charge >= 0.3 is 0 Å². The molecule has 1 aromatic rings. The molecule has 0 aliphatic rings. The fourth-order valence-corrected chi connectivity index (χ4v) is 1.09. The molecule has 0 aliphatic heterocycles. The Balaban J connectivity index is 3.17. The predicted molar refractivity (Wildman–Crippen MR) is 47.7 cm³/mol. The molecule has 0 unspecified atom stereocenters. The van der Waals surface area contributed by atoms with Crippen molar-refractivity contribution < 1.29 is 9.50 Å². The molecule has 0 spiro atoms. The number of aliphatic hydroxyl groups excluding tert-OH is 1. The average Bonchev–Trinajstić information content (AvgIpc) is 2.01. The molecule has 0 aliphatic carbocycles. The highest BCUT2D eigenvalue weighted by molar-refractivity contribution is 6.30. The lowest BCUT2D eigenvalue weighted by Gasteiger charge is -2.00. The van der Waals surface area contributed by atoms with Crippen molar-refractivity contribution in [2.24, 2.45) is 0 Å². The number of hydrogen-bond acceptors (Lipinski definition) is 1. The van der Waals surface area contributed by atoms with Gasteiger partial charge in [-0.15, -0.1) is 0 Å². The molecule has 3 heteroatoms. The Hall–Kier alpha value is -1.02. The molecular formula is C9H8ClFO. The van der Waals surface area contributed by atoms with Gasteiger partial charge in [0.25, 0.3) is 0 Å². The summed E-state index contributed by atoms with van der Waals surface area (Å²) in [5, 5.41) is 9.49. The maximum atomic E-state index is 12.7. The second kappa shape index (κ2) is 3.59. The lowest BCUT2D eigenvalue weighted by molar-refractivity contribution is 0.509. The van der Waals surface area contributed by atoms with E-state index >= 15 is 0 Å². The standard InChI is InChI=1S/C9H8ClFO/c1-2-9(12)6-3-7(10)5-8(11)4-6/h2-5,12H,1H3/b9-2-. The number of benzene rings is 1. The summed E-state index contributed by atoms with van der Waals surface area (Å²) in [4.78, 5) is 0. The van der Waals surface area contributed by atoms with E-state index in [4.69, 9.17) is 11.6 Å². The van der Waals surface area contributed by atoms with Crippen LogP contribution in [0.5, 0.6) is 0 Å². The van der Waals surface area contributed by atoms with E-state index in [0.29, 0.717) is 5.56 Å². The first-order valence-corrected chi connectivity index (χ1v) is 3.83. The van der Waals surface area contributed by atoms with Gasteiger partial charge in [-0.05, 0) is 31.2 Å². The Bertz CT molecular complexity index is 300. The lowest BCUT2D eigenvalue weighted by Crippen LogP contribution is -1.84. The van der Waals surface area contributed by atoms with E-state index in [-0.39, 0.29) is 10.8 Å². The van der Waals surface area contributed by atoms with Crippen LogP contribution in [-0.4, -0.2) is 5.11 Å². The zero-order chi connectivity index (χ0) is 9.14. The average molecular weight is 187 g/mol. The number of halogens is 2.